The van der Waals surface area contributed by atoms with Crippen LogP contribution in [0.5, 0.6) is 0 Å². The highest BCUT2D eigenvalue weighted by Gasteiger charge is 2.36. The number of carbonyl (C=O) groups excluding carboxylic acids is 6. The third-order valence-corrected chi connectivity index (χ3v) is 20.7. The van der Waals surface area contributed by atoms with E-state index in [0.717, 1.165) is 34.0 Å². The molecule has 10 rings (SSSR count). The van der Waals surface area contributed by atoms with Crippen molar-refractivity contribution in [1.29, 1.82) is 0 Å². The Morgan fingerprint density at radius 3 is 2.10 bits per heavy atom. The number of ether oxygens (including phenoxy) is 1. The Morgan fingerprint density at radius 1 is 0.689 bits per heavy atom. The molecule has 2 aliphatic rings. The number of fused-ring (bicyclic) bond motifs is 14. The van der Waals surface area contributed by atoms with Crippen LogP contribution in [0.1, 0.15) is 145 Å². The van der Waals surface area contributed by atoms with Crippen molar-refractivity contribution in [3.8, 4) is 43.4 Å². The van der Waals surface area contributed by atoms with E-state index in [1.54, 1.807) is 70.9 Å². The molecule has 7 aromatic heterocycles. The zero-order valence-electron chi connectivity index (χ0n) is 49.0. The van der Waals surface area contributed by atoms with Gasteiger partial charge >= 0.3 is 11.9 Å². The highest BCUT2D eigenvalue weighted by atomic mass is 32.1. The van der Waals surface area contributed by atoms with Crippen LogP contribution in [0.2, 0.25) is 0 Å². The molecule has 1 aliphatic heterocycles. The summed E-state index contributed by atoms with van der Waals surface area (Å²) in [5.41, 5.74) is 2.40. The van der Waals surface area contributed by atoms with Gasteiger partial charge in [0.15, 0.2) is 0 Å². The summed E-state index contributed by atoms with van der Waals surface area (Å²) in [7, 11) is 2.92. The van der Waals surface area contributed by atoms with E-state index >= 15 is 0 Å². The van der Waals surface area contributed by atoms with E-state index in [1.807, 2.05) is 13.8 Å². The second-order valence-corrected chi connectivity index (χ2v) is 27.3. The zero-order valence-corrected chi connectivity index (χ0v) is 53.9. The van der Waals surface area contributed by atoms with Crippen molar-refractivity contribution in [2.24, 2.45) is 17.8 Å². The Bertz CT molecular complexity index is 3980. The first kappa shape index (κ1) is 64.8. The van der Waals surface area contributed by atoms with Crippen LogP contribution in [0.3, 0.4) is 0 Å². The molecular formula is C59H61N13O12S6. The molecular weight excluding hydrogens is 1280 g/mol. The molecule has 6 amide bonds. The van der Waals surface area contributed by atoms with Gasteiger partial charge in [-0.3, -0.25) is 43.3 Å². The minimum Gasteiger partial charge on any atom is -0.481 e. The van der Waals surface area contributed by atoms with Gasteiger partial charge in [-0.05, 0) is 62.6 Å². The van der Waals surface area contributed by atoms with Crippen LogP contribution in [0.25, 0.3) is 43.4 Å². The van der Waals surface area contributed by atoms with Gasteiger partial charge in [0.1, 0.15) is 82.2 Å². The fourth-order valence-corrected chi connectivity index (χ4v) is 15.8. The molecule has 25 nitrogen and oxygen atoms in total. The predicted molar refractivity (Wildman–Crippen MR) is 339 cm³/mol. The van der Waals surface area contributed by atoms with Crippen molar-refractivity contribution in [2.45, 2.75) is 96.6 Å². The van der Waals surface area contributed by atoms with Crippen LogP contribution in [0.15, 0.2) is 64.0 Å². The van der Waals surface area contributed by atoms with Gasteiger partial charge in [-0.25, -0.2) is 34.9 Å². The number of aliphatic carboxylic acids is 2. The van der Waals surface area contributed by atoms with Crippen LogP contribution >= 0.6 is 68.0 Å². The van der Waals surface area contributed by atoms with E-state index in [0.29, 0.717) is 94.4 Å². The summed E-state index contributed by atoms with van der Waals surface area (Å²) in [4.78, 5) is 144. The number of carboxylic acids is 2. The van der Waals surface area contributed by atoms with Gasteiger partial charge in [-0.2, -0.15) is 0 Å². The molecule has 0 saturated heterocycles. The first-order valence-corrected chi connectivity index (χ1v) is 33.6. The van der Waals surface area contributed by atoms with Crippen molar-refractivity contribution in [3.63, 3.8) is 0 Å². The lowest BCUT2D eigenvalue weighted by molar-refractivity contribution is -0.144. The van der Waals surface area contributed by atoms with Gasteiger partial charge in [0, 0.05) is 65.0 Å². The molecule has 8 aromatic rings. The average Bonchev–Trinajstić information content (AvgIpc) is 1.76. The van der Waals surface area contributed by atoms with Crippen LogP contribution in [-0.4, -0.2) is 125 Å². The molecule has 10 bridgehead atoms. The molecule has 4 atom stereocenters. The molecule has 8 N–H and O–H groups in total. The number of aromatic nitrogens is 7. The number of carbonyl (C=O) groups is 8. The van der Waals surface area contributed by atoms with Crippen molar-refractivity contribution < 1.29 is 58.4 Å². The molecule has 0 spiro atoms. The Labute approximate surface area is 538 Å². The molecule has 8 heterocycles. The van der Waals surface area contributed by atoms with Crippen LogP contribution in [0.4, 0.5) is 5.82 Å². The lowest BCUT2D eigenvalue weighted by Crippen LogP contribution is -2.40. The molecule has 1 aromatic carbocycles. The van der Waals surface area contributed by atoms with E-state index in [-0.39, 0.29) is 72.1 Å². The van der Waals surface area contributed by atoms with E-state index in [1.165, 1.54) is 53.1 Å². The van der Waals surface area contributed by atoms with Crippen LogP contribution in [-0.2, 0) is 35.3 Å². The van der Waals surface area contributed by atoms with Crippen molar-refractivity contribution in [3.05, 3.63) is 111 Å². The van der Waals surface area contributed by atoms with E-state index < -0.39 is 84.1 Å². The first-order chi connectivity index (χ1) is 43.3. The number of thiazole rings is 6. The largest absolute Gasteiger partial charge is 0.481 e. The topological polar surface area (TPSA) is 360 Å². The monoisotopic (exact) mass is 1340 g/mol. The summed E-state index contributed by atoms with van der Waals surface area (Å²) < 4.78 is 5.45. The number of amides is 6. The van der Waals surface area contributed by atoms with Gasteiger partial charge < -0.3 is 46.6 Å². The number of rotatable bonds is 15. The summed E-state index contributed by atoms with van der Waals surface area (Å²) >= 11 is 7.04. The average molecular weight is 1340 g/mol. The molecule has 90 heavy (non-hydrogen) atoms. The number of aliphatic hydroxyl groups is 1. The Hall–Kier alpha value is -8.17. The maximum atomic E-state index is 14.4. The van der Waals surface area contributed by atoms with Crippen molar-refractivity contribution in [1.82, 2.24) is 61.5 Å². The van der Waals surface area contributed by atoms with E-state index in [9.17, 15) is 53.7 Å². The minimum atomic E-state index is -1.31. The van der Waals surface area contributed by atoms with Crippen LogP contribution in [0, 0.1) is 24.7 Å². The summed E-state index contributed by atoms with van der Waals surface area (Å²) in [5, 5.41) is 54.1. The van der Waals surface area contributed by atoms with Crippen LogP contribution < -0.4 is 31.5 Å². The highest BCUT2D eigenvalue weighted by Crippen LogP contribution is 2.41. The molecule has 1 fully saturated rings. The fraction of sp³-hybridized carbons (Fsp3) is 0.373. The van der Waals surface area contributed by atoms with Gasteiger partial charge in [-0.15, -0.1) is 68.0 Å². The second kappa shape index (κ2) is 28.8. The molecule has 1 aliphatic carbocycles. The first-order valence-electron chi connectivity index (χ1n) is 28.5. The molecule has 1 saturated carbocycles. The summed E-state index contributed by atoms with van der Waals surface area (Å²) in [6.45, 7) is 4.95. The number of pyridine rings is 1. The number of carboxylic acid groups (broad SMARTS) is 2. The Morgan fingerprint density at radius 2 is 1.38 bits per heavy atom. The summed E-state index contributed by atoms with van der Waals surface area (Å²) in [5.74, 6) is -6.21. The summed E-state index contributed by atoms with van der Waals surface area (Å²) in [6, 6.07) is 9.30. The van der Waals surface area contributed by atoms with Crippen molar-refractivity contribution in [2.75, 3.05) is 32.1 Å². The minimum absolute atomic E-state index is 0.00627. The molecule has 31 heteroatoms. The number of methoxy groups -OCH3 is 1. The predicted octanol–water partition coefficient (Wildman–Crippen LogP) is 8.40. The lowest BCUT2D eigenvalue weighted by atomic mass is 9.81. The third-order valence-electron chi connectivity index (χ3n) is 15.0. The van der Waals surface area contributed by atoms with Crippen molar-refractivity contribution >= 4 is 121 Å². The molecule has 470 valence electrons. The number of benzene rings is 1. The highest BCUT2D eigenvalue weighted by molar-refractivity contribution is 7.15. The maximum Gasteiger partial charge on any atom is 0.306 e. The maximum absolute atomic E-state index is 14.4. The van der Waals surface area contributed by atoms with E-state index in [2.05, 4.69) is 26.6 Å². The number of aliphatic hydroxyl groups excluding tert-OH is 1. The van der Waals surface area contributed by atoms with Gasteiger partial charge in [0.05, 0.1) is 48.1 Å². The summed E-state index contributed by atoms with van der Waals surface area (Å²) in [6.07, 6.45) is -0.226. The van der Waals surface area contributed by atoms with E-state index in [4.69, 9.17) is 39.6 Å². The quantitative estimate of drug-likeness (QED) is 0.0477. The fourth-order valence-electron chi connectivity index (χ4n) is 10.2. The smallest absolute Gasteiger partial charge is 0.306 e. The van der Waals surface area contributed by atoms with Gasteiger partial charge in [-0.1, -0.05) is 44.2 Å². The molecule has 0 radical (unpaired) electrons. The number of hydrogen-bond acceptors (Lipinski definition) is 23. The standard InChI is InChI=1S/C59H61N13O12S6/c1-27(2)43-57-71-46(38(90-57)22-84-5)50(79)61-21-41(74)68-47(48(77)29-10-7-6-8-11-29)56-66-37(25-87-56)54-64-35(23-86-54)45-32(52-65-36(24-85-52)49(78)63-34(20-40(73)60-4)55-70-44(28(3)89-55)51(80)69-43)17-18-33(62-45)53-67-39(26-88-53)72(19-9-12-42(75)76)58(81)30-13-15-31(16-14-30)59(82)83/h6-8,10-11,17-18,23-27,30-31,34,43,47-48,77H,9,12-16,19-22H2,1-5H3,(H,60,73)(H,61,79)(H,63,78)(H,68,74)(H,69,80)(H,75,76)(H,82,83)/t30-,31-,34-,43?,47-,48-/m0/s1. The number of nitrogens with one attached hydrogen (secondary N) is 5. The number of aryl methyl sites for hydroxylation is 1. The SMILES string of the molecule is CNC(=O)C[C@@H]1NC(=O)c2csc(n2)-c2ccc(-c3nc(N(CCCC(=O)O)C(=O)[C@H]4CC[C@H](C(=O)O)CC4)cs3)nc2-c2csc(n2)-c2csc(n2)[C@H]([C@@H](O)c2ccccc2)NC(=O)CNC(=O)c2nc(sc2COC)C(C(C)C)NC(=O)c2nc1sc2C. The van der Waals surface area contributed by atoms with Gasteiger partial charge in [0.25, 0.3) is 17.7 Å². The number of anilines is 1. The Kier molecular flexibility index (Phi) is 20.7. The Balaban J connectivity index is 1.05. The normalized spacial score (nSPS) is 18.6. The second-order valence-electron chi connectivity index (χ2n) is 21.5. The number of hydrogen-bond donors (Lipinski definition) is 8. The number of nitrogens with zero attached hydrogens (tertiary/aromatic N) is 8. The third kappa shape index (κ3) is 14.8. The zero-order chi connectivity index (χ0) is 63.9. The molecule has 1 unspecified atom stereocenters. The lowest BCUT2D eigenvalue weighted by Gasteiger charge is -2.30. The van der Waals surface area contributed by atoms with Gasteiger partial charge in [0.2, 0.25) is 17.7 Å².